The van der Waals surface area contributed by atoms with Gasteiger partial charge in [-0.25, -0.2) is 0 Å². The van der Waals surface area contributed by atoms with Gasteiger partial charge in [0.15, 0.2) is 0 Å². The molecule has 2 aliphatic heterocycles. The third-order valence-corrected chi connectivity index (χ3v) is 6.21. The van der Waals surface area contributed by atoms with Crippen LogP contribution < -0.4 is 14.5 Å². The summed E-state index contributed by atoms with van der Waals surface area (Å²) in [4.78, 5) is 21.9. The van der Waals surface area contributed by atoms with E-state index >= 15 is 0 Å². The van der Waals surface area contributed by atoms with Crippen LogP contribution in [0, 0.1) is 0 Å². The second-order valence-electron chi connectivity index (χ2n) is 7.98. The minimum Gasteiger partial charge on any atom is -0.497 e. The molecule has 2 saturated heterocycles. The molecule has 30 heavy (non-hydrogen) atoms. The summed E-state index contributed by atoms with van der Waals surface area (Å²) in [6.07, 6.45) is 0.619. The number of amides is 1. The van der Waals surface area contributed by atoms with Gasteiger partial charge in [-0.2, -0.15) is 0 Å². The molecule has 0 aromatic heterocycles. The van der Waals surface area contributed by atoms with E-state index in [2.05, 4.69) is 57.2 Å². The van der Waals surface area contributed by atoms with Gasteiger partial charge in [0.05, 0.1) is 7.11 Å². The van der Waals surface area contributed by atoms with Gasteiger partial charge < -0.3 is 19.4 Å². The molecule has 6 heteroatoms. The van der Waals surface area contributed by atoms with Crippen LogP contribution in [-0.4, -0.2) is 81.7 Å². The van der Waals surface area contributed by atoms with E-state index in [1.165, 1.54) is 11.4 Å². The number of benzene rings is 2. The summed E-state index contributed by atoms with van der Waals surface area (Å²) in [6.45, 7) is 8.32. The van der Waals surface area contributed by atoms with Crippen molar-refractivity contribution in [3.05, 3.63) is 54.6 Å². The summed E-state index contributed by atoms with van der Waals surface area (Å²) in [7, 11) is 1.68. The highest BCUT2D eigenvalue weighted by Gasteiger charge is 2.23. The van der Waals surface area contributed by atoms with Gasteiger partial charge in [-0.1, -0.05) is 18.2 Å². The number of anilines is 2. The van der Waals surface area contributed by atoms with Gasteiger partial charge in [-0.15, -0.1) is 0 Å². The van der Waals surface area contributed by atoms with Crippen LogP contribution in [0.5, 0.6) is 5.75 Å². The number of carbonyl (C=O) groups is 1. The van der Waals surface area contributed by atoms with E-state index < -0.39 is 0 Å². The lowest BCUT2D eigenvalue weighted by Crippen LogP contribution is -2.50. The molecular formula is C24H32N4O2. The average Bonchev–Trinajstić information content (AvgIpc) is 2.83. The highest BCUT2D eigenvalue weighted by molar-refractivity contribution is 5.76. The van der Waals surface area contributed by atoms with Crippen LogP contribution in [0.15, 0.2) is 54.6 Å². The van der Waals surface area contributed by atoms with E-state index in [1.807, 2.05) is 17.0 Å². The first-order valence-electron chi connectivity index (χ1n) is 10.9. The topological polar surface area (TPSA) is 39.3 Å². The fourth-order valence-corrected chi connectivity index (χ4v) is 4.29. The van der Waals surface area contributed by atoms with Crippen molar-refractivity contribution in [1.29, 1.82) is 0 Å². The van der Waals surface area contributed by atoms with E-state index in [0.717, 1.165) is 64.7 Å². The third-order valence-electron chi connectivity index (χ3n) is 6.21. The fraction of sp³-hybridized carbons (Fsp3) is 0.458. The molecule has 0 unspecified atom stereocenters. The fourth-order valence-electron chi connectivity index (χ4n) is 4.29. The maximum atomic E-state index is 12.7. The first-order chi connectivity index (χ1) is 14.7. The first kappa shape index (κ1) is 20.5. The zero-order chi connectivity index (χ0) is 20.8. The Hall–Kier alpha value is -2.73. The van der Waals surface area contributed by atoms with Gasteiger partial charge in [0.2, 0.25) is 5.91 Å². The Labute approximate surface area is 179 Å². The third kappa shape index (κ3) is 5.05. The molecule has 0 aliphatic carbocycles. The summed E-state index contributed by atoms with van der Waals surface area (Å²) in [5, 5.41) is 0. The number of carbonyl (C=O) groups excluding carboxylic acids is 1. The SMILES string of the molecule is COc1ccc(N2CCN(C(=O)CCN3CCN(c4ccccc4)CC3)CC2)cc1. The Morgan fingerprint density at radius 1 is 0.767 bits per heavy atom. The normalized spacial score (nSPS) is 17.8. The van der Waals surface area contributed by atoms with Crippen molar-refractivity contribution in [3.63, 3.8) is 0 Å². The molecule has 0 atom stereocenters. The lowest BCUT2D eigenvalue weighted by Gasteiger charge is -2.38. The largest absolute Gasteiger partial charge is 0.497 e. The van der Waals surface area contributed by atoms with Crippen molar-refractivity contribution in [2.45, 2.75) is 6.42 Å². The monoisotopic (exact) mass is 408 g/mol. The van der Waals surface area contributed by atoms with Crippen molar-refractivity contribution in [2.24, 2.45) is 0 Å². The molecule has 6 nitrogen and oxygen atoms in total. The zero-order valence-electron chi connectivity index (χ0n) is 17.9. The van der Waals surface area contributed by atoms with Crippen LogP contribution in [-0.2, 0) is 4.79 Å². The molecule has 2 aromatic carbocycles. The molecule has 1 amide bonds. The van der Waals surface area contributed by atoms with E-state index in [0.29, 0.717) is 6.42 Å². The van der Waals surface area contributed by atoms with Crippen molar-refractivity contribution in [1.82, 2.24) is 9.80 Å². The molecule has 4 rings (SSSR count). The van der Waals surface area contributed by atoms with E-state index in [9.17, 15) is 4.79 Å². The maximum absolute atomic E-state index is 12.7. The second kappa shape index (κ2) is 9.85. The van der Waals surface area contributed by atoms with Gasteiger partial charge in [0.1, 0.15) is 5.75 Å². The van der Waals surface area contributed by atoms with Gasteiger partial charge in [0, 0.05) is 76.7 Å². The number of methoxy groups -OCH3 is 1. The number of piperazine rings is 2. The van der Waals surface area contributed by atoms with Gasteiger partial charge in [-0.3, -0.25) is 9.69 Å². The summed E-state index contributed by atoms with van der Waals surface area (Å²) >= 11 is 0. The Morgan fingerprint density at radius 3 is 1.93 bits per heavy atom. The Kier molecular flexibility index (Phi) is 6.74. The van der Waals surface area contributed by atoms with Gasteiger partial charge in [0.25, 0.3) is 0 Å². The number of ether oxygens (including phenoxy) is 1. The molecule has 2 aromatic rings. The maximum Gasteiger partial charge on any atom is 0.223 e. The van der Waals surface area contributed by atoms with Crippen LogP contribution in [0.2, 0.25) is 0 Å². The molecule has 0 spiro atoms. The number of para-hydroxylation sites is 1. The molecule has 0 saturated carbocycles. The number of rotatable bonds is 6. The van der Waals surface area contributed by atoms with Crippen LogP contribution in [0.3, 0.4) is 0 Å². The highest BCUT2D eigenvalue weighted by atomic mass is 16.5. The Bertz CT molecular complexity index is 796. The molecule has 0 radical (unpaired) electrons. The molecule has 2 heterocycles. The summed E-state index contributed by atoms with van der Waals surface area (Å²) < 4.78 is 5.23. The van der Waals surface area contributed by atoms with Crippen LogP contribution >= 0.6 is 0 Å². The van der Waals surface area contributed by atoms with Crippen LogP contribution in [0.4, 0.5) is 11.4 Å². The molecule has 0 N–H and O–H groups in total. The van der Waals surface area contributed by atoms with E-state index in [-0.39, 0.29) is 5.91 Å². The minimum absolute atomic E-state index is 0.287. The van der Waals surface area contributed by atoms with E-state index in [4.69, 9.17) is 4.74 Å². The standard InChI is InChI=1S/C24H32N4O2/c1-30-23-9-7-22(8-10-23)27-17-19-28(20-18-27)24(29)11-12-25-13-15-26(16-14-25)21-5-3-2-4-6-21/h2-10H,11-20H2,1H3. The van der Waals surface area contributed by atoms with Crippen molar-refractivity contribution in [2.75, 3.05) is 75.8 Å². The number of nitrogens with zero attached hydrogens (tertiary/aromatic N) is 4. The molecule has 2 aliphatic rings. The lowest BCUT2D eigenvalue weighted by atomic mass is 10.2. The second-order valence-corrected chi connectivity index (χ2v) is 7.98. The highest BCUT2D eigenvalue weighted by Crippen LogP contribution is 2.21. The predicted octanol–water partition coefficient (Wildman–Crippen LogP) is 2.56. The van der Waals surface area contributed by atoms with Crippen molar-refractivity contribution >= 4 is 17.3 Å². The average molecular weight is 409 g/mol. The zero-order valence-corrected chi connectivity index (χ0v) is 17.9. The summed E-state index contributed by atoms with van der Waals surface area (Å²) in [5.41, 5.74) is 2.49. The Balaban J connectivity index is 1.17. The number of hydrogen-bond donors (Lipinski definition) is 0. The minimum atomic E-state index is 0.287. The molecule has 0 bridgehead atoms. The Morgan fingerprint density at radius 2 is 1.33 bits per heavy atom. The first-order valence-corrected chi connectivity index (χ1v) is 10.9. The van der Waals surface area contributed by atoms with Crippen LogP contribution in [0.1, 0.15) is 6.42 Å². The van der Waals surface area contributed by atoms with Gasteiger partial charge in [-0.05, 0) is 36.4 Å². The van der Waals surface area contributed by atoms with Crippen molar-refractivity contribution in [3.8, 4) is 5.75 Å². The number of hydrogen-bond acceptors (Lipinski definition) is 5. The van der Waals surface area contributed by atoms with Crippen LogP contribution in [0.25, 0.3) is 0 Å². The molecular weight excluding hydrogens is 376 g/mol. The molecule has 2 fully saturated rings. The quantitative estimate of drug-likeness (QED) is 0.735. The van der Waals surface area contributed by atoms with Crippen molar-refractivity contribution < 1.29 is 9.53 Å². The predicted molar refractivity (Wildman–Crippen MR) is 121 cm³/mol. The van der Waals surface area contributed by atoms with E-state index in [1.54, 1.807) is 7.11 Å². The molecule has 160 valence electrons. The summed E-state index contributed by atoms with van der Waals surface area (Å²) in [5.74, 6) is 1.16. The lowest BCUT2D eigenvalue weighted by molar-refractivity contribution is -0.131. The summed E-state index contributed by atoms with van der Waals surface area (Å²) in [6, 6.07) is 18.7. The smallest absolute Gasteiger partial charge is 0.223 e. The van der Waals surface area contributed by atoms with Gasteiger partial charge >= 0.3 is 0 Å².